The van der Waals surface area contributed by atoms with Crippen molar-refractivity contribution in [2.45, 2.75) is 0 Å². The second-order valence-corrected chi connectivity index (χ2v) is 4.34. The van der Waals surface area contributed by atoms with Gasteiger partial charge in [0.05, 0.1) is 18.9 Å². The van der Waals surface area contributed by atoms with E-state index in [1.54, 1.807) is 43.6 Å². The summed E-state index contributed by atoms with van der Waals surface area (Å²) in [5.74, 6) is 3.22. The van der Waals surface area contributed by atoms with Gasteiger partial charge in [0, 0.05) is 18.0 Å². The number of hydrazone groups is 1. The summed E-state index contributed by atoms with van der Waals surface area (Å²) in [6.45, 7) is 0.134. The Hall–Kier alpha value is -3.33. The van der Waals surface area contributed by atoms with Gasteiger partial charge >= 0.3 is 0 Å². The van der Waals surface area contributed by atoms with E-state index in [9.17, 15) is 4.79 Å². The van der Waals surface area contributed by atoms with Crippen molar-refractivity contribution in [2.75, 3.05) is 13.7 Å². The average Bonchev–Trinajstić information content (AvgIpc) is 2.61. The molecule has 1 aromatic carbocycles. The van der Waals surface area contributed by atoms with E-state index in [-0.39, 0.29) is 12.5 Å². The molecule has 116 valence electrons. The number of terminal acetylenes is 1. The van der Waals surface area contributed by atoms with E-state index in [2.05, 4.69) is 21.4 Å². The first-order valence-electron chi connectivity index (χ1n) is 6.72. The van der Waals surface area contributed by atoms with Crippen molar-refractivity contribution in [3.63, 3.8) is 0 Å². The number of aromatic nitrogens is 1. The summed E-state index contributed by atoms with van der Waals surface area (Å²) in [5, 5.41) is 3.92. The van der Waals surface area contributed by atoms with E-state index in [0.717, 1.165) is 0 Å². The van der Waals surface area contributed by atoms with Crippen LogP contribution in [0.2, 0.25) is 0 Å². The maximum Gasteiger partial charge on any atom is 0.272 e. The molecule has 1 amide bonds. The van der Waals surface area contributed by atoms with Gasteiger partial charge in [-0.1, -0.05) is 5.92 Å². The van der Waals surface area contributed by atoms with Crippen LogP contribution in [0.15, 0.2) is 47.8 Å². The Bertz CT molecular complexity index is 736. The van der Waals surface area contributed by atoms with Crippen LogP contribution in [0.25, 0.3) is 0 Å². The number of carbonyl (C=O) groups excluding carboxylic acids is 1. The van der Waals surface area contributed by atoms with Crippen molar-refractivity contribution < 1.29 is 14.3 Å². The highest BCUT2D eigenvalue weighted by Crippen LogP contribution is 2.22. The molecular formula is C17H15N3O3. The summed E-state index contributed by atoms with van der Waals surface area (Å²) in [4.78, 5) is 15.7. The molecule has 2 rings (SSSR count). The van der Waals surface area contributed by atoms with Gasteiger partial charge in [-0.2, -0.15) is 5.10 Å². The Morgan fingerprint density at radius 2 is 2.35 bits per heavy atom. The van der Waals surface area contributed by atoms with E-state index in [0.29, 0.717) is 22.6 Å². The molecule has 0 unspecified atom stereocenters. The molecule has 0 atom stereocenters. The van der Waals surface area contributed by atoms with Gasteiger partial charge in [0.15, 0.2) is 0 Å². The average molecular weight is 309 g/mol. The number of carbonyl (C=O) groups is 1. The molecule has 6 nitrogen and oxygen atoms in total. The molecule has 0 fully saturated rings. The first-order valence-corrected chi connectivity index (χ1v) is 6.72. The van der Waals surface area contributed by atoms with E-state index in [1.807, 2.05) is 0 Å². The van der Waals surface area contributed by atoms with Gasteiger partial charge in [0.1, 0.15) is 18.1 Å². The van der Waals surface area contributed by atoms with Gasteiger partial charge in [-0.05, 0) is 30.3 Å². The maximum atomic E-state index is 11.9. The number of rotatable bonds is 6. The van der Waals surface area contributed by atoms with Crippen LogP contribution in [0.4, 0.5) is 0 Å². The molecule has 0 aliphatic carbocycles. The van der Waals surface area contributed by atoms with E-state index >= 15 is 0 Å². The van der Waals surface area contributed by atoms with Gasteiger partial charge in [-0.25, -0.2) is 5.43 Å². The van der Waals surface area contributed by atoms with Gasteiger partial charge in [-0.15, -0.1) is 6.42 Å². The molecule has 0 saturated heterocycles. The predicted octanol–water partition coefficient (Wildman–Crippen LogP) is 1.87. The molecule has 23 heavy (non-hydrogen) atoms. The molecule has 1 aromatic heterocycles. The number of nitrogens with one attached hydrogen (secondary N) is 1. The minimum atomic E-state index is -0.358. The molecule has 0 aliphatic rings. The SMILES string of the molecule is C#CCOc1ccc(OC)cc1C=NNC(=O)c1cccnc1. The number of amides is 1. The highest BCUT2D eigenvalue weighted by atomic mass is 16.5. The lowest BCUT2D eigenvalue weighted by Crippen LogP contribution is -2.17. The Kier molecular flexibility index (Phi) is 5.72. The van der Waals surface area contributed by atoms with Crippen LogP contribution in [0.5, 0.6) is 11.5 Å². The lowest BCUT2D eigenvalue weighted by atomic mass is 10.2. The monoisotopic (exact) mass is 309 g/mol. The standard InChI is InChI=1S/C17H15N3O3/c1-3-9-23-16-7-6-15(22-2)10-14(16)12-19-20-17(21)13-5-4-8-18-11-13/h1,4-8,10-12H,9H2,2H3,(H,20,21). The second kappa shape index (κ2) is 8.20. The zero-order chi connectivity index (χ0) is 16.5. The Labute approximate surface area is 134 Å². The highest BCUT2D eigenvalue weighted by molar-refractivity contribution is 5.94. The Morgan fingerprint density at radius 1 is 1.48 bits per heavy atom. The smallest absolute Gasteiger partial charge is 0.272 e. The molecule has 2 aromatic rings. The number of methoxy groups -OCH3 is 1. The van der Waals surface area contributed by atoms with Crippen LogP contribution in [0.1, 0.15) is 15.9 Å². The third-order valence-electron chi connectivity index (χ3n) is 2.82. The predicted molar refractivity (Wildman–Crippen MR) is 86.6 cm³/mol. The van der Waals surface area contributed by atoms with Gasteiger partial charge in [0.2, 0.25) is 0 Å². The van der Waals surface area contributed by atoms with Crippen molar-refractivity contribution >= 4 is 12.1 Å². The minimum absolute atomic E-state index is 0.134. The number of hydrogen-bond donors (Lipinski definition) is 1. The quantitative estimate of drug-likeness (QED) is 0.502. The first kappa shape index (κ1) is 16.0. The highest BCUT2D eigenvalue weighted by Gasteiger charge is 2.05. The van der Waals surface area contributed by atoms with Gasteiger partial charge in [-0.3, -0.25) is 9.78 Å². The summed E-state index contributed by atoms with van der Waals surface area (Å²) < 4.78 is 10.6. The van der Waals surface area contributed by atoms with Crippen molar-refractivity contribution in [2.24, 2.45) is 5.10 Å². The molecule has 0 spiro atoms. The van der Waals surface area contributed by atoms with E-state index < -0.39 is 0 Å². The number of pyridine rings is 1. The normalized spacial score (nSPS) is 10.1. The zero-order valence-electron chi connectivity index (χ0n) is 12.5. The van der Waals surface area contributed by atoms with Crippen LogP contribution in [0, 0.1) is 12.3 Å². The first-order chi connectivity index (χ1) is 11.2. The lowest BCUT2D eigenvalue weighted by Gasteiger charge is -2.08. The third kappa shape index (κ3) is 4.58. The topological polar surface area (TPSA) is 72.8 Å². The third-order valence-corrected chi connectivity index (χ3v) is 2.82. The molecule has 6 heteroatoms. The summed E-state index contributed by atoms with van der Waals surface area (Å²) in [5.41, 5.74) is 3.47. The Balaban J connectivity index is 2.11. The second-order valence-electron chi connectivity index (χ2n) is 4.34. The van der Waals surface area contributed by atoms with Gasteiger partial charge in [0.25, 0.3) is 5.91 Å². The number of benzene rings is 1. The van der Waals surface area contributed by atoms with Crippen LogP contribution >= 0.6 is 0 Å². The van der Waals surface area contributed by atoms with E-state index in [1.165, 1.54) is 12.4 Å². The number of nitrogens with zero attached hydrogens (tertiary/aromatic N) is 2. The summed E-state index contributed by atoms with van der Waals surface area (Å²) >= 11 is 0. The molecule has 0 bridgehead atoms. The fraction of sp³-hybridized carbons (Fsp3) is 0.118. The van der Waals surface area contributed by atoms with Crippen molar-refractivity contribution in [1.82, 2.24) is 10.4 Å². The van der Waals surface area contributed by atoms with Crippen molar-refractivity contribution in [1.29, 1.82) is 0 Å². The molecule has 0 radical (unpaired) electrons. The van der Waals surface area contributed by atoms with Crippen molar-refractivity contribution in [3.05, 3.63) is 53.9 Å². The molecule has 0 saturated carbocycles. The molecule has 1 N–H and O–H groups in total. The summed E-state index contributed by atoms with van der Waals surface area (Å²) in [6, 6.07) is 8.51. The van der Waals surface area contributed by atoms with Gasteiger partial charge < -0.3 is 9.47 Å². The number of ether oxygens (including phenoxy) is 2. The zero-order valence-corrected chi connectivity index (χ0v) is 12.5. The molecule has 1 heterocycles. The van der Waals surface area contributed by atoms with Crippen LogP contribution in [0.3, 0.4) is 0 Å². The van der Waals surface area contributed by atoms with Crippen LogP contribution in [-0.2, 0) is 0 Å². The molecular weight excluding hydrogens is 294 g/mol. The largest absolute Gasteiger partial charge is 0.497 e. The van der Waals surface area contributed by atoms with E-state index in [4.69, 9.17) is 15.9 Å². The fourth-order valence-electron chi connectivity index (χ4n) is 1.73. The molecule has 0 aliphatic heterocycles. The summed E-state index contributed by atoms with van der Waals surface area (Å²) in [7, 11) is 1.56. The number of hydrogen-bond acceptors (Lipinski definition) is 5. The van der Waals surface area contributed by atoms with Crippen LogP contribution in [-0.4, -0.2) is 30.8 Å². The Morgan fingerprint density at radius 3 is 3.04 bits per heavy atom. The van der Waals surface area contributed by atoms with Crippen LogP contribution < -0.4 is 14.9 Å². The fourth-order valence-corrected chi connectivity index (χ4v) is 1.73. The maximum absolute atomic E-state index is 11.9. The minimum Gasteiger partial charge on any atom is -0.497 e. The van der Waals surface area contributed by atoms with Crippen molar-refractivity contribution in [3.8, 4) is 23.8 Å². The summed E-state index contributed by atoms with van der Waals surface area (Å²) in [6.07, 6.45) is 9.70. The lowest BCUT2D eigenvalue weighted by molar-refractivity contribution is 0.0954.